The number of nitrogens with zero attached hydrogens (tertiary/aromatic N) is 3. The lowest BCUT2D eigenvalue weighted by Crippen LogP contribution is -2.47. The number of carbonyl (C=O) groups excluding carboxylic acids is 1. The van der Waals surface area contributed by atoms with Crippen LogP contribution in [0.2, 0.25) is 0 Å². The minimum absolute atomic E-state index is 0. The van der Waals surface area contributed by atoms with Crippen molar-refractivity contribution in [2.45, 2.75) is 32.7 Å². The van der Waals surface area contributed by atoms with Crippen LogP contribution >= 0.6 is 24.0 Å². The second kappa shape index (κ2) is 10.9. The predicted molar refractivity (Wildman–Crippen MR) is 109 cm³/mol. The third kappa shape index (κ3) is 6.90. The van der Waals surface area contributed by atoms with Gasteiger partial charge in [-0.2, -0.15) is 5.26 Å². The van der Waals surface area contributed by atoms with Gasteiger partial charge in [0.1, 0.15) is 0 Å². The van der Waals surface area contributed by atoms with Gasteiger partial charge in [0.05, 0.1) is 18.2 Å². The number of piperidine rings is 1. The molecular formula is C18H26IN5O. The molecule has 1 aliphatic rings. The molecule has 25 heavy (non-hydrogen) atoms. The van der Waals surface area contributed by atoms with Crippen LogP contribution in [0.25, 0.3) is 0 Å². The first-order valence-corrected chi connectivity index (χ1v) is 8.43. The van der Waals surface area contributed by atoms with Gasteiger partial charge in [-0.15, -0.1) is 24.0 Å². The Kier molecular flexibility index (Phi) is 9.27. The van der Waals surface area contributed by atoms with Gasteiger partial charge in [-0.05, 0) is 43.4 Å². The number of likely N-dealkylation sites (tertiary alicyclic amines) is 1. The topological polar surface area (TPSA) is 94.5 Å². The molecule has 7 heteroatoms. The summed E-state index contributed by atoms with van der Waals surface area (Å²) in [6, 6.07) is 9.65. The Labute approximate surface area is 166 Å². The number of hydrogen-bond donors (Lipinski definition) is 2. The first kappa shape index (κ1) is 21.2. The molecule has 1 aromatic carbocycles. The molecule has 1 amide bonds. The molecular weight excluding hydrogens is 429 g/mol. The van der Waals surface area contributed by atoms with Gasteiger partial charge in [0, 0.05) is 26.1 Å². The van der Waals surface area contributed by atoms with Crippen molar-refractivity contribution in [3.8, 4) is 6.07 Å². The summed E-state index contributed by atoms with van der Waals surface area (Å²) >= 11 is 0. The van der Waals surface area contributed by atoms with Crippen LogP contribution in [0.3, 0.4) is 0 Å². The van der Waals surface area contributed by atoms with E-state index in [9.17, 15) is 4.79 Å². The number of halogens is 1. The highest BCUT2D eigenvalue weighted by Gasteiger charge is 2.23. The molecule has 1 saturated heterocycles. The highest BCUT2D eigenvalue weighted by molar-refractivity contribution is 14.0. The summed E-state index contributed by atoms with van der Waals surface area (Å²) in [6.07, 6.45) is 2.50. The quantitative estimate of drug-likeness (QED) is 0.405. The highest BCUT2D eigenvalue weighted by atomic mass is 127. The Balaban J connectivity index is 0.00000312. The van der Waals surface area contributed by atoms with Gasteiger partial charge in [-0.3, -0.25) is 4.79 Å². The Morgan fingerprint density at radius 1 is 1.52 bits per heavy atom. The predicted octanol–water partition coefficient (Wildman–Crippen LogP) is 2.23. The standard InChI is InChI=1S/C18H25N5O.HI/c1-2-21-18(22-12-15-6-3-5-14(9-15)11-19)23-8-4-7-16(13-23)10-17(20)24;/h3,5-6,9,16H,2,4,7-8,10,12-13H2,1H3,(H2,20,24)(H,21,22);1H. The molecule has 0 radical (unpaired) electrons. The average molecular weight is 455 g/mol. The molecule has 3 N–H and O–H groups in total. The van der Waals surface area contributed by atoms with Crippen LogP contribution in [-0.4, -0.2) is 36.4 Å². The fourth-order valence-corrected chi connectivity index (χ4v) is 3.04. The average Bonchev–Trinajstić information content (AvgIpc) is 2.58. The lowest BCUT2D eigenvalue weighted by molar-refractivity contribution is -0.119. The zero-order valence-electron chi connectivity index (χ0n) is 14.6. The summed E-state index contributed by atoms with van der Waals surface area (Å²) in [4.78, 5) is 18.1. The van der Waals surface area contributed by atoms with Gasteiger partial charge in [0.15, 0.2) is 5.96 Å². The van der Waals surface area contributed by atoms with E-state index in [1.165, 1.54) is 0 Å². The molecule has 1 unspecified atom stereocenters. The molecule has 0 aromatic heterocycles. The minimum atomic E-state index is -0.239. The monoisotopic (exact) mass is 455 g/mol. The maximum Gasteiger partial charge on any atom is 0.217 e. The van der Waals surface area contributed by atoms with Gasteiger partial charge in [0.25, 0.3) is 0 Å². The fraction of sp³-hybridized carbons (Fsp3) is 0.500. The first-order valence-electron chi connectivity index (χ1n) is 8.43. The van der Waals surface area contributed by atoms with Crippen LogP contribution in [0, 0.1) is 17.2 Å². The molecule has 0 bridgehead atoms. The number of aliphatic imine (C=N–C) groups is 1. The maximum absolute atomic E-state index is 11.2. The number of nitriles is 1. The zero-order valence-corrected chi connectivity index (χ0v) is 16.9. The number of amides is 1. The number of hydrogen-bond acceptors (Lipinski definition) is 3. The van der Waals surface area contributed by atoms with Crippen LogP contribution in [0.1, 0.15) is 37.3 Å². The van der Waals surface area contributed by atoms with Crippen molar-refractivity contribution in [1.29, 1.82) is 5.26 Å². The molecule has 1 aliphatic heterocycles. The van der Waals surface area contributed by atoms with Gasteiger partial charge < -0.3 is 16.0 Å². The zero-order chi connectivity index (χ0) is 17.4. The second-order valence-electron chi connectivity index (χ2n) is 6.11. The smallest absolute Gasteiger partial charge is 0.217 e. The van der Waals surface area contributed by atoms with Crippen molar-refractivity contribution in [2.75, 3.05) is 19.6 Å². The largest absolute Gasteiger partial charge is 0.370 e. The van der Waals surface area contributed by atoms with Crippen molar-refractivity contribution in [3.63, 3.8) is 0 Å². The van der Waals surface area contributed by atoms with Crippen LogP contribution in [-0.2, 0) is 11.3 Å². The summed E-state index contributed by atoms with van der Waals surface area (Å²) in [5, 5.41) is 12.3. The van der Waals surface area contributed by atoms with E-state index in [1.54, 1.807) is 6.07 Å². The number of benzene rings is 1. The lowest BCUT2D eigenvalue weighted by Gasteiger charge is -2.34. The first-order chi connectivity index (χ1) is 11.6. The Bertz CT molecular complexity index is 641. The van der Waals surface area contributed by atoms with Crippen molar-refractivity contribution in [3.05, 3.63) is 35.4 Å². The van der Waals surface area contributed by atoms with Crippen LogP contribution in [0.4, 0.5) is 0 Å². The van der Waals surface area contributed by atoms with Crippen LogP contribution < -0.4 is 11.1 Å². The van der Waals surface area contributed by atoms with Gasteiger partial charge in [0.2, 0.25) is 5.91 Å². The third-order valence-electron chi connectivity index (χ3n) is 4.11. The van der Waals surface area contributed by atoms with Gasteiger partial charge >= 0.3 is 0 Å². The van der Waals surface area contributed by atoms with E-state index in [-0.39, 0.29) is 29.9 Å². The Morgan fingerprint density at radius 2 is 2.32 bits per heavy atom. The van der Waals surface area contributed by atoms with E-state index in [2.05, 4.69) is 16.3 Å². The number of nitrogens with two attached hydrogens (primary N) is 1. The molecule has 1 heterocycles. The SMILES string of the molecule is CCNC(=NCc1cccc(C#N)c1)N1CCCC(CC(N)=O)C1.I. The van der Waals surface area contributed by atoms with E-state index in [4.69, 9.17) is 16.0 Å². The lowest BCUT2D eigenvalue weighted by atomic mass is 9.95. The van der Waals surface area contributed by atoms with E-state index in [0.717, 1.165) is 44.0 Å². The van der Waals surface area contributed by atoms with Crippen molar-refractivity contribution >= 4 is 35.8 Å². The van der Waals surface area contributed by atoms with Crippen LogP contribution in [0.5, 0.6) is 0 Å². The summed E-state index contributed by atoms with van der Waals surface area (Å²) < 4.78 is 0. The summed E-state index contributed by atoms with van der Waals surface area (Å²) in [7, 11) is 0. The Hall–Kier alpha value is -1.82. The van der Waals surface area contributed by atoms with Crippen molar-refractivity contribution in [2.24, 2.45) is 16.6 Å². The van der Waals surface area contributed by atoms with E-state index in [1.807, 2.05) is 25.1 Å². The molecule has 2 rings (SSSR count). The van der Waals surface area contributed by atoms with E-state index < -0.39 is 0 Å². The number of nitrogens with one attached hydrogen (secondary N) is 1. The number of primary amides is 1. The van der Waals surface area contributed by atoms with Crippen molar-refractivity contribution in [1.82, 2.24) is 10.2 Å². The number of guanidine groups is 1. The van der Waals surface area contributed by atoms with Crippen molar-refractivity contribution < 1.29 is 4.79 Å². The van der Waals surface area contributed by atoms with Gasteiger partial charge in [-0.25, -0.2) is 4.99 Å². The molecule has 1 atom stereocenters. The van der Waals surface area contributed by atoms with E-state index in [0.29, 0.717) is 24.4 Å². The fourth-order valence-electron chi connectivity index (χ4n) is 3.04. The highest BCUT2D eigenvalue weighted by Crippen LogP contribution is 2.19. The third-order valence-corrected chi connectivity index (χ3v) is 4.11. The summed E-state index contributed by atoms with van der Waals surface area (Å²) in [5.41, 5.74) is 6.99. The normalized spacial score (nSPS) is 17.4. The number of carbonyl (C=O) groups is 1. The van der Waals surface area contributed by atoms with E-state index >= 15 is 0 Å². The number of rotatable bonds is 5. The van der Waals surface area contributed by atoms with Crippen LogP contribution in [0.15, 0.2) is 29.3 Å². The molecule has 1 aromatic rings. The summed E-state index contributed by atoms with van der Waals surface area (Å²) in [5.74, 6) is 0.910. The Morgan fingerprint density at radius 3 is 3.00 bits per heavy atom. The molecule has 6 nitrogen and oxygen atoms in total. The molecule has 1 fully saturated rings. The second-order valence-corrected chi connectivity index (χ2v) is 6.11. The molecule has 0 saturated carbocycles. The minimum Gasteiger partial charge on any atom is -0.370 e. The molecule has 0 aliphatic carbocycles. The summed E-state index contributed by atoms with van der Waals surface area (Å²) in [6.45, 7) is 5.08. The maximum atomic E-state index is 11.2. The van der Waals surface area contributed by atoms with Gasteiger partial charge in [-0.1, -0.05) is 12.1 Å². The molecule has 136 valence electrons. The molecule has 0 spiro atoms.